The quantitative estimate of drug-likeness (QED) is 0.742. The fourth-order valence-electron chi connectivity index (χ4n) is 2.86. The second-order valence-electron chi connectivity index (χ2n) is 5.64. The highest BCUT2D eigenvalue weighted by atomic mass is 16.4. The Labute approximate surface area is 98.7 Å². The molecule has 3 unspecified atom stereocenters. The van der Waals surface area contributed by atoms with E-state index in [4.69, 9.17) is 5.11 Å². The van der Waals surface area contributed by atoms with E-state index in [9.17, 15) is 4.79 Å². The van der Waals surface area contributed by atoms with Crippen LogP contribution in [-0.2, 0) is 4.79 Å². The van der Waals surface area contributed by atoms with Crippen molar-refractivity contribution in [3.8, 4) is 0 Å². The standard InChI is InChI=1S/C14H24O2/c1-9(2)13-6-5-10(3)7-12(13)8-11(4)14(15)16/h8-10,12-13H,5-7H2,1-4H3,(H,15,16)/b11-8+. The lowest BCUT2D eigenvalue weighted by molar-refractivity contribution is -0.132. The Morgan fingerprint density at radius 3 is 2.50 bits per heavy atom. The molecule has 1 aliphatic carbocycles. The number of hydrogen-bond donors (Lipinski definition) is 1. The predicted octanol–water partition coefficient (Wildman–Crippen LogP) is 3.73. The number of aliphatic carboxylic acids is 1. The van der Waals surface area contributed by atoms with Gasteiger partial charge in [-0.25, -0.2) is 4.79 Å². The van der Waals surface area contributed by atoms with Gasteiger partial charge in [0.05, 0.1) is 0 Å². The van der Waals surface area contributed by atoms with Crippen molar-refractivity contribution < 1.29 is 9.90 Å². The maximum absolute atomic E-state index is 10.9. The van der Waals surface area contributed by atoms with E-state index >= 15 is 0 Å². The third-order valence-corrected chi connectivity index (χ3v) is 3.87. The number of allylic oxidation sites excluding steroid dienone is 1. The molecule has 0 aromatic rings. The smallest absolute Gasteiger partial charge is 0.330 e. The van der Waals surface area contributed by atoms with E-state index in [2.05, 4.69) is 20.8 Å². The monoisotopic (exact) mass is 224 g/mol. The third kappa shape index (κ3) is 3.36. The Morgan fingerprint density at radius 1 is 1.38 bits per heavy atom. The summed E-state index contributed by atoms with van der Waals surface area (Å²) in [5, 5.41) is 8.94. The lowest BCUT2D eigenvalue weighted by Crippen LogP contribution is -2.26. The van der Waals surface area contributed by atoms with Gasteiger partial charge in [-0.3, -0.25) is 0 Å². The van der Waals surface area contributed by atoms with Crippen LogP contribution in [0.5, 0.6) is 0 Å². The minimum atomic E-state index is -0.777. The van der Waals surface area contributed by atoms with Crippen LogP contribution in [0.3, 0.4) is 0 Å². The van der Waals surface area contributed by atoms with Crippen LogP contribution in [0.2, 0.25) is 0 Å². The van der Waals surface area contributed by atoms with Crippen LogP contribution in [0.15, 0.2) is 11.6 Å². The van der Waals surface area contributed by atoms with Crippen LogP contribution >= 0.6 is 0 Å². The van der Waals surface area contributed by atoms with Crippen molar-refractivity contribution in [2.75, 3.05) is 0 Å². The van der Waals surface area contributed by atoms with Gasteiger partial charge in [0.1, 0.15) is 0 Å². The van der Waals surface area contributed by atoms with E-state index in [0.717, 1.165) is 12.3 Å². The number of carbonyl (C=O) groups is 1. The van der Waals surface area contributed by atoms with Gasteiger partial charge in [-0.2, -0.15) is 0 Å². The Kier molecular flexibility index (Phi) is 4.57. The summed E-state index contributed by atoms with van der Waals surface area (Å²) >= 11 is 0. The highest BCUT2D eigenvalue weighted by molar-refractivity contribution is 5.85. The van der Waals surface area contributed by atoms with Crippen molar-refractivity contribution in [2.24, 2.45) is 23.7 Å². The van der Waals surface area contributed by atoms with Crippen molar-refractivity contribution in [3.63, 3.8) is 0 Å². The Balaban J connectivity index is 2.79. The largest absolute Gasteiger partial charge is 0.478 e. The van der Waals surface area contributed by atoms with Crippen LogP contribution in [0.1, 0.15) is 47.0 Å². The number of carboxylic acids is 1. The van der Waals surface area contributed by atoms with E-state index in [1.165, 1.54) is 12.8 Å². The van der Waals surface area contributed by atoms with Crippen molar-refractivity contribution in [2.45, 2.75) is 47.0 Å². The molecule has 3 atom stereocenters. The maximum atomic E-state index is 10.9. The first-order valence-corrected chi connectivity index (χ1v) is 6.33. The highest BCUT2D eigenvalue weighted by Crippen LogP contribution is 2.39. The first-order valence-electron chi connectivity index (χ1n) is 6.33. The van der Waals surface area contributed by atoms with Gasteiger partial charge in [-0.15, -0.1) is 0 Å². The number of rotatable bonds is 3. The molecule has 0 radical (unpaired) electrons. The maximum Gasteiger partial charge on any atom is 0.330 e. The minimum Gasteiger partial charge on any atom is -0.478 e. The molecule has 1 fully saturated rings. The Hall–Kier alpha value is -0.790. The molecule has 1 aliphatic rings. The average Bonchev–Trinajstić information content (AvgIpc) is 2.16. The van der Waals surface area contributed by atoms with E-state index in [-0.39, 0.29) is 0 Å². The SMILES string of the molecule is C/C(=C\C1CC(C)CCC1C(C)C)C(=O)O. The van der Waals surface area contributed by atoms with Gasteiger partial charge in [-0.1, -0.05) is 33.3 Å². The van der Waals surface area contributed by atoms with Gasteiger partial charge in [0.2, 0.25) is 0 Å². The molecule has 1 rings (SSSR count). The van der Waals surface area contributed by atoms with Crippen LogP contribution < -0.4 is 0 Å². The summed E-state index contributed by atoms with van der Waals surface area (Å²) in [5.41, 5.74) is 0.504. The second kappa shape index (κ2) is 5.51. The molecule has 0 aromatic carbocycles. The summed E-state index contributed by atoms with van der Waals surface area (Å²) in [6.45, 7) is 8.47. The lowest BCUT2D eigenvalue weighted by Gasteiger charge is -2.36. The molecule has 0 aliphatic heterocycles. The Morgan fingerprint density at radius 2 is 2.00 bits per heavy atom. The molecule has 2 nitrogen and oxygen atoms in total. The van der Waals surface area contributed by atoms with Gasteiger partial charge in [-0.05, 0) is 43.4 Å². The van der Waals surface area contributed by atoms with Crippen molar-refractivity contribution >= 4 is 5.97 Å². The van der Waals surface area contributed by atoms with Gasteiger partial charge in [0, 0.05) is 5.57 Å². The molecule has 2 heteroatoms. The zero-order chi connectivity index (χ0) is 12.3. The fraction of sp³-hybridized carbons (Fsp3) is 0.786. The molecule has 0 saturated heterocycles. The van der Waals surface area contributed by atoms with Crippen LogP contribution in [0.25, 0.3) is 0 Å². The van der Waals surface area contributed by atoms with Gasteiger partial charge in [0.15, 0.2) is 0 Å². The van der Waals surface area contributed by atoms with E-state index in [1.54, 1.807) is 6.92 Å². The zero-order valence-corrected chi connectivity index (χ0v) is 10.9. The molecule has 16 heavy (non-hydrogen) atoms. The molecule has 0 heterocycles. The predicted molar refractivity (Wildman–Crippen MR) is 66.2 cm³/mol. The summed E-state index contributed by atoms with van der Waals surface area (Å²) in [6, 6.07) is 0. The van der Waals surface area contributed by atoms with E-state index in [1.807, 2.05) is 6.08 Å². The molecule has 92 valence electrons. The van der Waals surface area contributed by atoms with Crippen LogP contribution in [0.4, 0.5) is 0 Å². The molecule has 0 bridgehead atoms. The topological polar surface area (TPSA) is 37.3 Å². The molecule has 0 spiro atoms. The average molecular weight is 224 g/mol. The van der Waals surface area contributed by atoms with Crippen molar-refractivity contribution in [3.05, 3.63) is 11.6 Å². The van der Waals surface area contributed by atoms with Crippen molar-refractivity contribution in [1.29, 1.82) is 0 Å². The minimum absolute atomic E-state index is 0.458. The molecular formula is C14H24O2. The fourth-order valence-corrected chi connectivity index (χ4v) is 2.86. The van der Waals surface area contributed by atoms with E-state index < -0.39 is 5.97 Å². The molecular weight excluding hydrogens is 200 g/mol. The summed E-state index contributed by atoms with van der Waals surface area (Å²) in [5.74, 6) is 1.72. The molecule has 1 N–H and O–H groups in total. The third-order valence-electron chi connectivity index (χ3n) is 3.87. The number of carboxylic acid groups (broad SMARTS) is 1. The lowest BCUT2D eigenvalue weighted by atomic mass is 9.69. The van der Waals surface area contributed by atoms with Crippen molar-refractivity contribution in [1.82, 2.24) is 0 Å². The first-order chi connectivity index (χ1) is 7.41. The van der Waals surface area contributed by atoms with Crippen LogP contribution in [0, 0.1) is 23.7 Å². The number of hydrogen-bond acceptors (Lipinski definition) is 1. The van der Waals surface area contributed by atoms with Crippen LogP contribution in [-0.4, -0.2) is 11.1 Å². The van der Waals surface area contributed by atoms with E-state index in [0.29, 0.717) is 23.3 Å². The van der Waals surface area contributed by atoms with Gasteiger partial charge in [0.25, 0.3) is 0 Å². The summed E-state index contributed by atoms with van der Waals surface area (Å²) in [6.07, 6.45) is 5.67. The van der Waals surface area contributed by atoms with Gasteiger partial charge < -0.3 is 5.11 Å². The normalized spacial score (nSPS) is 31.8. The molecule has 0 amide bonds. The highest BCUT2D eigenvalue weighted by Gasteiger charge is 2.29. The summed E-state index contributed by atoms with van der Waals surface area (Å²) < 4.78 is 0. The summed E-state index contributed by atoms with van der Waals surface area (Å²) in [4.78, 5) is 10.9. The zero-order valence-electron chi connectivity index (χ0n) is 10.9. The Bertz CT molecular complexity index is 278. The first kappa shape index (κ1) is 13.3. The molecule has 0 aromatic heterocycles. The second-order valence-corrected chi connectivity index (χ2v) is 5.64. The summed E-state index contributed by atoms with van der Waals surface area (Å²) in [7, 11) is 0. The molecule has 1 saturated carbocycles. The van der Waals surface area contributed by atoms with Gasteiger partial charge >= 0.3 is 5.97 Å².